The number of hydrogen-bond acceptors (Lipinski definition) is 7. The van der Waals surface area contributed by atoms with Crippen LogP contribution in [0.25, 0.3) is 0 Å². The van der Waals surface area contributed by atoms with Gasteiger partial charge < -0.3 is 19.5 Å². The number of rotatable bonds is 6. The number of nitrogens with zero attached hydrogens (tertiary/aromatic N) is 3. The molecule has 1 saturated heterocycles. The van der Waals surface area contributed by atoms with Gasteiger partial charge in [-0.25, -0.2) is 4.98 Å². The molecular weight excluding hydrogens is 376 g/mol. The highest BCUT2D eigenvalue weighted by atomic mass is 32.1. The van der Waals surface area contributed by atoms with E-state index >= 15 is 0 Å². The number of carbonyl (C=O) groups excluding carboxylic acids is 1. The van der Waals surface area contributed by atoms with Gasteiger partial charge in [-0.1, -0.05) is 5.16 Å². The summed E-state index contributed by atoms with van der Waals surface area (Å²) in [7, 11) is 0. The minimum atomic E-state index is -0.171. The van der Waals surface area contributed by atoms with Gasteiger partial charge in [-0.15, -0.1) is 11.3 Å². The van der Waals surface area contributed by atoms with Gasteiger partial charge in [-0.05, 0) is 50.4 Å². The van der Waals surface area contributed by atoms with Crippen LogP contribution >= 0.6 is 11.3 Å². The Morgan fingerprint density at radius 3 is 2.86 bits per heavy atom. The molecule has 3 heterocycles. The Kier molecular flexibility index (Phi) is 4.84. The molecule has 0 bridgehead atoms. The van der Waals surface area contributed by atoms with Crippen LogP contribution in [0.4, 0.5) is 5.13 Å². The molecule has 3 aliphatic rings. The van der Waals surface area contributed by atoms with E-state index in [1.54, 1.807) is 24.3 Å². The van der Waals surface area contributed by atoms with Crippen molar-refractivity contribution in [3.8, 4) is 0 Å². The molecule has 4 atom stereocenters. The molecular formula is C20H26N4O3S. The summed E-state index contributed by atoms with van der Waals surface area (Å²) in [6.07, 6.45) is 6.39. The van der Waals surface area contributed by atoms with Crippen LogP contribution in [0.3, 0.4) is 0 Å². The lowest BCUT2D eigenvalue weighted by Gasteiger charge is -2.38. The van der Waals surface area contributed by atoms with Gasteiger partial charge >= 0.3 is 0 Å². The van der Waals surface area contributed by atoms with Crippen molar-refractivity contribution in [1.29, 1.82) is 0 Å². The molecule has 28 heavy (non-hydrogen) atoms. The summed E-state index contributed by atoms with van der Waals surface area (Å²) in [5.41, 5.74) is 0.344. The monoisotopic (exact) mass is 402 g/mol. The van der Waals surface area contributed by atoms with Crippen LogP contribution < -0.4 is 10.2 Å². The summed E-state index contributed by atoms with van der Waals surface area (Å²) in [5, 5.41) is 10.2. The molecule has 2 aromatic rings. The first kappa shape index (κ1) is 18.1. The maximum Gasteiger partial charge on any atom is 0.273 e. The largest absolute Gasteiger partial charge is 0.376 e. The van der Waals surface area contributed by atoms with Gasteiger partial charge in [-0.3, -0.25) is 4.79 Å². The maximum absolute atomic E-state index is 12.7. The summed E-state index contributed by atoms with van der Waals surface area (Å²) in [6.45, 7) is 4.64. The predicted octanol–water partition coefficient (Wildman–Crippen LogP) is 2.88. The number of anilines is 1. The Bertz CT molecular complexity index is 819. The van der Waals surface area contributed by atoms with E-state index in [-0.39, 0.29) is 18.1 Å². The standard InChI is InChI=1S/C20H26N4O3S/c1-12-6-17(23-27-12)19(25)22-16-7-14-9-24(20-21-4-5-28-20)10-15(14)8-18(16)26-11-13-2-3-13/h4-6,13-16,18H,2-3,7-11H2,1H3,(H,22,25)/t14-,15+,16-,18-/m0/s1. The fraction of sp³-hybridized carbons (Fsp3) is 0.650. The summed E-state index contributed by atoms with van der Waals surface area (Å²) in [5.74, 6) is 2.33. The van der Waals surface area contributed by atoms with Gasteiger partial charge in [0.05, 0.1) is 12.1 Å². The minimum Gasteiger partial charge on any atom is -0.376 e. The molecule has 1 aliphatic heterocycles. The van der Waals surface area contributed by atoms with Crippen molar-refractivity contribution in [3.63, 3.8) is 0 Å². The van der Waals surface area contributed by atoms with E-state index in [0.717, 1.165) is 37.7 Å². The fourth-order valence-electron chi connectivity index (χ4n) is 4.54. The third-order valence-electron chi connectivity index (χ3n) is 6.23. The van der Waals surface area contributed by atoms with Crippen LogP contribution in [0.2, 0.25) is 0 Å². The summed E-state index contributed by atoms with van der Waals surface area (Å²) < 4.78 is 11.4. The normalized spacial score (nSPS) is 29.7. The average Bonchev–Trinajstić information content (AvgIpc) is 3.07. The molecule has 150 valence electrons. The second kappa shape index (κ2) is 7.48. The highest BCUT2D eigenvalue weighted by molar-refractivity contribution is 7.13. The van der Waals surface area contributed by atoms with Crippen molar-refractivity contribution in [3.05, 3.63) is 29.1 Å². The number of nitrogens with one attached hydrogen (secondary N) is 1. The average molecular weight is 403 g/mol. The second-order valence-corrected chi connectivity index (χ2v) is 9.30. The van der Waals surface area contributed by atoms with Crippen LogP contribution in [-0.2, 0) is 4.74 Å². The lowest BCUT2D eigenvalue weighted by molar-refractivity contribution is -0.0212. The number of fused-ring (bicyclic) bond motifs is 1. The Labute approximate surface area is 168 Å². The zero-order valence-electron chi connectivity index (χ0n) is 16.0. The first-order valence-corrected chi connectivity index (χ1v) is 11.0. The Hall–Kier alpha value is -1.93. The van der Waals surface area contributed by atoms with Crippen LogP contribution in [0, 0.1) is 24.7 Å². The number of ether oxygens (including phenoxy) is 1. The third-order valence-corrected chi connectivity index (χ3v) is 7.06. The van der Waals surface area contributed by atoms with E-state index in [1.807, 2.05) is 11.6 Å². The number of amides is 1. The van der Waals surface area contributed by atoms with Crippen molar-refractivity contribution in [2.24, 2.45) is 17.8 Å². The summed E-state index contributed by atoms with van der Waals surface area (Å²) in [6, 6.07) is 1.70. The Balaban J connectivity index is 1.28. The minimum absolute atomic E-state index is 0.0146. The smallest absolute Gasteiger partial charge is 0.273 e. The molecule has 7 nitrogen and oxygen atoms in total. The number of hydrogen-bond donors (Lipinski definition) is 1. The first-order chi connectivity index (χ1) is 13.7. The van der Waals surface area contributed by atoms with Crippen LogP contribution in [-0.4, -0.2) is 47.9 Å². The Morgan fingerprint density at radius 1 is 1.36 bits per heavy atom. The molecule has 1 N–H and O–H groups in total. The summed E-state index contributed by atoms with van der Waals surface area (Å²) in [4.78, 5) is 19.5. The first-order valence-electron chi connectivity index (χ1n) is 10.2. The number of thiazole rings is 1. The van der Waals surface area contributed by atoms with E-state index < -0.39 is 0 Å². The Morgan fingerprint density at radius 2 is 2.18 bits per heavy atom. The maximum atomic E-state index is 12.7. The molecule has 1 amide bonds. The molecule has 0 aromatic carbocycles. The zero-order chi connectivity index (χ0) is 19.1. The second-order valence-electron chi connectivity index (χ2n) is 8.43. The molecule has 3 fully saturated rings. The van der Waals surface area contributed by atoms with Gasteiger partial charge in [-0.2, -0.15) is 0 Å². The van der Waals surface area contributed by atoms with Gasteiger partial charge in [0.2, 0.25) is 0 Å². The van der Waals surface area contributed by atoms with Crippen LogP contribution in [0.5, 0.6) is 0 Å². The van der Waals surface area contributed by atoms with Crippen molar-refractivity contribution in [2.45, 2.75) is 44.8 Å². The van der Waals surface area contributed by atoms with E-state index in [4.69, 9.17) is 9.26 Å². The SMILES string of the molecule is Cc1cc(C(=O)N[C@H]2C[C@H]3CN(c4nccs4)C[C@H]3C[C@@H]2OCC2CC2)no1. The van der Waals surface area contributed by atoms with E-state index in [0.29, 0.717) is 29.2 Å². The van der Waals surface area contributed by atoms with Crippen LogP contribution in [0.15, 0.2) is 22.2 Å². The van der Waals surface area contributed by atoms with E-state index in [9.17, 15) is 4.79 Å². The molecule has 0 spiro atoms. The fourth-order valence-corrected chi connectivity index (χ4v) is 5.20. The van der Waals surface area contributed by atoms with Gasteiger partial charge in [0.1, 0.15) is 5.76 Å². The predicted molar refractivity (Wildman–Crippen MR) is 105 cm³/mol. The topological polar surface area (TPSA) is 80.5 Å². The van der Waals surface area contributed by atoms with Gasteiger partial charge in [0.15, 0.2) is 10.8 Å². The highest BCUT2D eigenvalue weighted by Gasteiger charge is 2.44. The molecule has 0 unspecified atom stereocenters. The summed E-state index contributed by atoms with van der Waals surface area (Å²) >= 11 is 1.70. The third kappa shape index (κ3) is 3.80. The van der Waals surface area contributed by atoms with E-state index in [2.05, 4.69) is 20.4 Å². The molecule has 5 rings (SSSR count). The highest BCUT2D eigenvalue weighted by Crippen LogP contribution is 2.40. The molecule has 2 aliphatic carbocycles. The van der Waals surface area contributed by atoms with Crippen molar-refractivity contribution in [1.82, 2.24) is 15.5 Å². The van der Waals surface area contributed by atoms with E-state index in [1.165, 1.54) is 12.8 Å². The molecule has 0 radical (unpaired) electrons. The molecule has 2 saturated carbocycles. The lowest BCUT2D eigenvalue weighted by atomic mass is 9.77. The molecule has 2 aromatic heterocycles. The number of aromatic nitrogens is 2. The zero-order valence-corrected chi connectivity index (χ0v) is 16.9. The quantitative estimate of drug-likeness (QED) is 0.800. The lowest BCUT2D eigenvalue weighted by Crippen LogP contribution is -2.50. The van der Waals surface area contributed by atoms with Crippen LogP contribution in [0.1, 0.15) is 41.9 Å². The van der Waals surface area contributed by atoms with Gasteiger partial charge in [0.25, 0.3) is 5.91 Å². The number of carbonyl (C=O) groups is 1. The number of aryl methyl sites for hydroxylation is 1. The van der Waals surface area contributed by atoms with Gasteiger partial charge in [0, 0.05) is 37.3 Å². The van der Waals surface area contributed by atoms with Crippen molar-refractivity contribution < 1.29 is 14.1 Å². The molecule has 8 heteroatoms. The van der Waals surface area contributed by atoms with Crippen molar-refractivity contribution in [2.75, 3.05) is 24.6 Å². The van der Waals surface area contributed by atoms with Crippen molar-refractivity contribution >= 4 is 22.4 Å².